The van der Waals surface area contributed by atoms with E-state index in [1.165, 1.54) is 11.1 Å². The molecule has 0 saturated carbocycles. The lowest BCUT2D eigenvalue weighted by Gasteiger charge is -2.18. The van der Waals surface area contributed by atoms with Crippen molar-refractivity contribution < 1.29 is 19.4 Å². The molecule has 0 radical (unpaired) electrons. The summed E-state index contributed by atoms with van der Waals surface area (Å²) in [6.45, 7) is 4.41. The fourth-order valence-corrected chi connectivity index (χ4v) is 2.20. The molecular formula is C14H18N2O4. The molecule has 1 saturated heterocycles. The molecule has 2 heterocycles. The molecule has 1 aliphatic rings. The molecule has 1 atom stereocenters. The largest absolute Gasteiger partial charge is 0.489 e. The van der Waals surface area contributed by atoms with Gasteiger partial charge in [-0.25, -0.2) is 4.98 Å². The summed E-state index contributed by atoms with van der Waals surface area (Å²) in [6.07, 6.45) is 1.95. The third kappa shape index (κ3) is 3.07. The van der Waals surface area contributed by atoms with Gasteiger partial charge in [-0.1, -0.05) is 0 Å². The van der Waals surface area contributed by atoms with Crippen LogP contribution in [0.25, 0.3) is 0 Å². The number of carboxylic acid groups (broad SMARTS) is 1. The Morgan fingerprint density at radius 2 is 2.25 bits per heavy atom. The minimum Gasteiger partial charge on any atom is -0.489 e. The highest BCUT2D eigenvalue weighted by Gasteiger charge is 2.32. The Morgan fingerprint density at radius 3 is 2.85 bits per heavy atom. The van der Waals surface area contributed by atoms with Crippen molar-refractivity contribution >= 4 is 11.9 Å². The Morgan fingerprint density at radius 1 is 1.50 bits per heavy atom. The van der Waals surface area contributed by atoms with Crippen LogP contribution in [0.3, 0.4) is 0 Å². The zero-order valence-corrected chi connectivity index (χ0v) is 11.6. The Kier molecular flexibility index (Phi) is 4.22. The second kappa shape index (κ2) is 5.90. The lowest BCUT2D eigenvalue weighted by molar-refractivity contribution is -0.141. The van der Waals surface area contributed by atoms with E-state index < -0.39 is 11.9 Å². The maximum atomic E-state index is 12.4. The van der Waals surface area contributed by atoms with Crippen LogP contribution in [-0.4, -0.2) is 46.1 Å². The van der Waals surface area contributed by atoms with Crippen molar-refractivity contribution in [1.82, 2.24) is 9.88 Å². The molecule has 0 bridgehead atoms. The van der Waals surface area contributed by atoms with Crippen molar-refractivity contribution in [3.8, 4) is 5.75 Å². The first-order valence-electron chi connectivity index (χ1n) is 6.62. The second-order valence-corrected chi connectivity index (χ2v) is 5.09. The van der Waals surface area contributed by atoms with Crippen LogP contribution in [0, 0.1) is 5.92 Å². The average Bonchev–Trinajstić information content (AvgIpc) is 2.87. The van der Waals surface area contributed by atoms with Gasteiger partial charge >= 0.3 is 5.97 Å². The SMILES string of the molecule is CC(C)Oc1cccnc1C(=O)N1CC[C@H](C(=O)O)C1. The Labute approximate surface area is 117 Å². The van der Waals surface area contributed by atoms with Crippen LogP contribution in [0.2, 0.25) is 0 Å². The molecule has 1 N–H and O–H groups in total. The van der Waals surface area contributed by atoms with Gasteiger partial charge in [-0.05, 0) is 32.4 Å². The Bertz CT molecular complexity index is 516. The standard InChI is InChI=1S/C14H18N2O4/c1-9(2)20-11-4-3-6-15-12(11)13(17)16-7-5-10(8-16)14(18)19/h3-4,6,9-10H,5,7-8H2,1-2H3,(H,18,19)/t10-/m0/s1. The van der Waals surface area contributed by atoms with E-state index >= 15 is 0 Å². The molecule has 0 spiro atoms. The number of likely N-dealkylation sites (tertiary alicyclic amines) is 1. The summed E-state index contributed by atoms with van der Waals surface area (Å²) in [5, 5.41) is 8.98. The van der Waals surface area contributed by atoms with Gasteiger partial charge in [0.2, 0.25) is 0 Å². The number of hydrogen-bond acceptors (Lipinski definition) is 4. The Balaban J connectivity index is 2.16. The fraction of sp³-hybridized carbons (Fsp3) is 0.500. The highest BCUT2D eigenvalue weighted by molar-refractivity contribution is 5.95. The van der Waals surface area contributed by atoms with E-state index in [4.69, 9.17) is 9.84 Å². The number of carboxylic acids is 1. The molecule has 1 aromatic rings. The normalized spacial score (nSPS) is 18.4. The molecule has 1 amide bonds. The molecular weight excluding hydrogens is 260 g/mol. The number of aromatic nitrogens is 1. The number of carbonyl (C=O) groups is 2. The van der Waals surface area contributed by atoms with Crippen LogP contribution < -0.4 is 4.74 Å². The number of pyridine rings is 1. The average molecular weight is 278 g/mol. The van der Waals surface area contributed by atoms with Gasteiger partial charge in [-0.3, -0.25) is 9.59 Å². The lowest BCUT2D eigenvalue weighted by atomic mass is 10.1. The second-order valence-electron chi connectivity index (χ2n) is 5.09. The molecule has 0 unspecified atom stereocenters. The lowest BCUT2D eigenvalue weighted by Crippen LogP contribution is -2.31. The first kappa shape index (κ1) is 14.3. The summed E-state index contributed by atoms with van der Waals surface area (Å²) in [5.41, 5.74) is 0.243. The number of nitrogens with zero attached hydrogens (tertiary/aromatic N) is 2. The van der Waals surface area contributed by atoms with Crippen molar-refractivity contribution in [3.05, 3.63) is 24.0 Å². The quantitative estimate of drug-likeness (QED) is 0.901. The first-order chi connectivity index (χ1) is 9.49. The van der Waals surface area contributed by atoms with Crippen molar-refractivity contribution in [2.45, 2.75) is 26.4 Å². The van der Waals surface area contributed by atoms with Gasteiger partial charge in [0.15, 0.2) is 11.4 Å². The molecule has 108 valence electrons. The minimum absolute atomic E-state index is 0.0592. The molecule has 6 nitrogen and oxygen atoms in total. The van der Waals surface area contributed by atoms with Gasteiger partial charge in [0, 0.05) is 19.3 Å². The highest BCUT2D eigenvalue weighted by atomic mass is 16.5. The van der Waals surface area contributed by atoms with Crippen LogP contribution in [0.5, 0.6) is 5.75 Å². The van der Waals surface area contributed by atoms with E-state index in [0.29, 0.717) is 18.7 Å². The van der Waals surface area contributed by atoms with Crippen LogP contribution in [0.1, 0.15) is 30.8 Å². The number of ether oxygens (including phenoxy) is 1. The molecule has 0 aliphatic carbocycles. The van der Waals surface area contributed by atoms with Gasteiger partial charge in [-0.2, -0.15) is 0 Å². The van der Waals surface area contributed by atoms with E-state index in [9.17, 15) is 9.59 Å². The molecule has 20 heavy (non-hydrogen) atoms. The van der Waals surface area contributed by atoms with E-state index in [1.54, 1.807) is 12.1 Å². The van der Waals surface area contributed by atoms with Gasteiger partial charge in [0.1, 0.15) is 0 Å². The number of aliphatic carboxylic acids is 1. The summed E-state index contributed by atoms with van der Waals surface area (Å²) in [5.74, 6) is -1.19. The zero-order valence-electron chi connectivity index (χ0n) is 11.6. The summed E-state index contributed by atoms with van der Waals surface area (Å²) < 4.78 is 5.57. The molecule has 2 rings (SSSR count). The van der Waals surface area contributed by atoms with E-state index in [-0.39, 0.29) is 24.2 Å². The molecule has 6 heteroatoms. The van der Waals surface area contributed by atoms with Gasteiger partial charge in [0.05, 0.1) is 12.0 Å². The molecule has 1 aromatic heterocycles. The Hall–Kier alpha value is -2.11. The van der Waals surface area contributed by atoms with E-state index in [1.807, 2.05) is 13.8 Å². The third-order valence-electron chi connectivity index (χ3n) is 3.16. The van der Waals surface area contributed by atoms with Crippen molar-refractivity contribution in [2.75, 3.05) is 13.1 Å². The van der Waals surface area contributed by atoms with Gasteiger partial charge < -0.3 is 14.7 Å². The maximum absolute atomic E-state index is 12.4. The predicted octanol–water partition coefficient (Wildman–Crippen LogP) is 1.42. The predicted molar refractivity (Wildman–Crippen MR) is 71.6 cm³/mol. The summed E-state index contributed by atoms with van der Waals surface area (Å²) in [7, 11) is 0. The monoisotopic (exact) mass is 278 g/mol. The van der Waals surface area contributed by atoms with Crippen molar-refractivity contribution in [3.63, 3.8) is 0 Å². The number of hydrogen-bond donors (Lipinski definition) is 1. The fourth-order valence-electron chi connectivity index (χ4n) is 2.20. The molecule has 1 aliphatic heterocycles. The van der Waals surface area contributed by atoms with Crippen molar-refractivity contribution in [2.24, 2.45) is 5.92 Å². The molecule has 1 fully saturated rings. The number of rotatable bonds is 4. The third-order valence-corrected chi connectivity index (χ3v) is 3.16. The van der Waals surface area contributed by atoms with Crippen LogP contribution in [0.4, 0.5) is 0 Å². The highest BCUT2D eigenvalue weighted by Crippen LogP contribution is 2.23. The topological polar surface area (TPSA) is 79.7 Å². The number of amides is 1. The van der Waals surface area contributed by atoms with E-state index in [2.05, 4.69) is 4.98 Å². The van der Waals surface area contributed by atoms with Crippen LogP contribution in [0.15, 0.2) is 18.3 Å². The number of carbonyl (C=O) groups excluding carboxylic acids is 1. The molecule has 0 aromatic carbocycles. The van der Waals surface area contributed by atoms with Gasteiger partial charge in [0.25, 0.3) is 5.91 Å². The summed E-state index contributed by atoms with van der Waals surface area (Å²) in [4.78, 5) is 29.0. The maximum Gasteiger partial charge on any atom is 0.308 e. The zero-order chi connectivity index (χ0) is 14.7. The van der Waals surface area contributed by atoms with Gasteiger partial charge in [-0.15, -0.1) is 0 Å². The smallest absolute Gasteiger partial charge is 0.308 e. The summed E-state index contributed by atoms with van der Waals surface area (Å²) in [6, 6.07) is 3.41. The minimum atomic E-state index is -0.861. The van der Waals surface area contributed by atoms with Crippen LogP contribution >= 0.6 is 0 Å². The van der Waals surface area contributed by atoms with E-state index in [0.717, 1.165) is 0 Å². The van der Waals surface area contributed by atoms with Crippen LogP contribution in [-0.2, 0) is 4.79 Å². The van der Waals surface area contributed by atoms with Crippen molar-refractivity contribution in [1.29, 1.82) is 0 Å². The first-order valence-corrected chi connectivity index (χ1v) is 6.62. The summed E-state index contributed by atoms with van der Waals surface area (Å²) >= 11 is 0.